The number of benzene rings is 1. The summed E-state index contributed by atoms with van der Waals surface area (Å²) in [7, 11) is 0. The molecule has 2 N–H and O–H groups in total. The van der Waals surface area contributed by atoms with Crippen molar-refractivity contribution in [3.63, 3.8) is 0 Å². The van der Waals surface area contributed by atoms with Gasteiger partial charge in [0.25, 0.3) is 5.92 Å². The van der Waals surface area contributed by atoms with Crippen LogP contribution in [0.25, 0.3) is 0 Å². The maximum atomic E-state index is 13.7. The van der Waals surface area contributed by atoms with Crippen LogP contribution in [0.5, 0.6) is 0 Å². The third kappa shape index (κ3) is 2.12. The van der Waals surface area contributed by atoms with Crippen LogP contribution in [0.15, 0.2) is 28.7 Å². The number of hydrogen-bond acceptors (Lipinski definition) is 1. The van der Waals surface area contributed by atoms with Crippen molar-refractivity contribution in [2.75, 3.05) is 0 Å². The van der Waals surface area contributed by atoms with Crippen molar-refractivity contribution in [1.82, 2.24) is 0 Å². The summed E-state index contributed by atoms with van der Waals surface area (Å²) in [6, 6.07) is 5.90. The normalized spacial score (nSPS) is 13.0. The lowest BCUT2D eigenvalue weighted by molar-refractivity contribution is -0.0672. The van der Waals surface area contributed by atoms with Gasteiger partial charge in [-0.15, -0.1) is 0 Å². The minimum atomic E-state index is -3.02. The smallest absolute Gasteiger partial charge is 0.290 e. The van der Waals surface area contributed by atoms with Gasteiger partial charge in [-0.25, -0.2) is 0 Å². The number of nitrogens with two attached hydrogens (primary N) is 1. The Bertz CT molecular complexity index is 314. The Kier molecular flexibility index (Phi) is 2.97. The molecule has 0 fully saturated rings. The third-order valence-corrected chi connectivity index (χ3v) is 2.54. The Hall–Kier alpha value is -0.480. The zero-order valence-electron chi connectivity index (χ0n) is 8.02. The Labute approximate surface area is 90.4 Å². The molecular weight excluding hydrogens is 252 g/mol. The first-order chi connectivity index (χ1) is 6.25. The van der Waals surface area contributed by atoms with Gasteiger partial charge in [0, 0.05) is 10.0 Å². The van der Waals surface area contributed by atoms with E-state index in [2.05, 4.69) is 15.9 Å². The van der Waals surface area contributed by atoms with Crippen molar-refractivity contribution in [2.45, 2.75) is 25.3 Å². The first-order valence-corrected chi connectivity index (χ1v) is 4.97. The molecule has 1 rings (SSSR count). The van der Waals surface area contributed by atoms with Gasteiger partial charge in [-0.1, -0.05) is 28.1 Å². The first kappa shape index (κ1) is 11.6. The van der Waals surface area contributed by atoms with Crippen molar-refractivity contribution in [3.8, 4) is 0 Å². The summed E-state index contributed by atoms with van der Waals surface area (Å²) < 4.78 is 28.1. The molecule has 1 aromatic carbocycles. The second-order valence-electron chi connectivity index (χ2n) is 3.80. The molecule has 0 amide bonds. The molecule has 0 aliphatic carbocycles. The Morgan fingerprint density at radius 2 is 1.57 bits per heavy atom. The number of halogens is 3. The molecule has 1 nitrogen and oxygen atoms in total. The predicted octanol–water partition coefficient (Wildman–Crippen LogP) is 3.28. The average Bonchev–Trinajstić information content (AvgIpc) is 2.03. The minimum Gasteiger partial charge on any atom is -0.320 e. The van der Waals surface area contributed by atoms with E-state index in [4.69, 9.17) is 5.73 Å². The highest BCUT2D eigenvalue weighted by molar-refractivity contribution is 9.10. The minimum absolute atomic E-state index is 0.0619. The Morgan fingerprint density at radius 3 is 1.93 bits per heavy atom. The van der Waals surface area contributed by atoms with E-state index in [-0.39, 0.29) is 5.56 Å². The van der Waals surface area contributed by atoms with Gasteiger partial charge in [0.15, 0.2) is 0 Å². The zero-order valence-corrected chi connectivity index (χ0v) is 9.61. The van der Waals surface area contributed by atoms with Gasteiger partial charge in [-0.2, -0.15) is 8.78 Å². The molecular formula is C10H12BrF2N. The van der Waals surface area contributed by atoms with Crippen LogP contribution in [0, 0.1) is 0 Å². The van der Waals surface area contributed by atoms with Crippen molar-refractivity contribution in [1.29, 1.82) is 0 Å². The number of rotatable bonds is 2. The molecule has 0 atom stereocenters. The van der Waals surface area contributed by atoms with Crippen LogP contribution in [-0.4, -0.2) is 5.54 Å². The van der Waals surface area contributed by atoms with E-state index in [1.807, 2.05) is 0 Å². The summed E-state index contributed by atoms with van der Waals surface area (Å²) in [4.78, 5) is 0. The highest BCUT2D eigenvalue weighted by atomic mass is 79.9. The van der Waals surface area contributed by atoms with E-state index in [9.17, 15) is 8.78 Å². The molecule has 0 aliphatic rings. The van der Waals surface area contributed by atoms with E-state index in [1.165, 1.54) is 26.0 Å². The second kappa shape index (κ2) is 3.59. The fourth-order valence-electron chi connectivity index (χ4n) is 1.03. The summed E-state index contributed by atoms with van der Waals surface area (Å²) in [5.41, 5.74) is 3.81. The van der Waals surface area contributed by atoms with Crippen LogP contribution < -0.4 is 5.73 Å². The van der Waals surface area contributed by atoms with Crippen LogP contribution in [0.4, 0.5) is 8.78 Å². The van der Waals surface area contributed by atoms with Gasteiger partial charge in [-0.3, -0.25) is 0 Å². The summed E-state index contributed by atoms with van der Waals surface area (Å²) in [5.74, 6) is -3.02. The van der Waals surface area contributed by atoms with Crippen molar-refractivity contribution in [2.24, 2.45) is 5.73 Å². The van der Waals surface area contributed by atoms with E-state index in [0.717, 1.165) is 4.47 Å². The quantitative estimate of drug-likeness (QED) is 0.871. The molecule has 0 aliphatic heterocycles. The first-order valence-electron chi connectivity index (χ1n) is 4.18. The van der Waals surface area contributed by atoms with Gasteiger partial charge in [0.1, 0.15) is 0 Å². The highest BCUT2D eigenvalue weighted by Crippen LogP contribution is 2.37. The summed E-state index contributed by atoms with van der Waals surface area (Å²) in [6.45, 7) is 2.63. The molecule has 0 bridgehead atoms. The molecule has 0 unspecified atom stereocenters. The largest absolute Gasteiger partial charge is 0.320 e. The lowest BCUT2D eigenvalue weighted by atomic mass is 9.91. The van der Waals surface area contributed by atoms with Crippen LogP contribution in [-0.2, 0) is 5.92 Å². The molecule has 0 radical (unpaired) electrons. The second-order valence-corrected chi connectivity index (χ2v) is 4.72. The fourth-order valence-corrected chi connectivity index (χ4v) is 1.30. The van der Waals surface area contributed by atoms with E-state index in [0.29, 0.717) is 0 Å². The molecule has 14 heavy (non-hydrogen) atoms. The number of hydrogen-bond donors (Lipinski definition) is 1. The summed E-state index contributed by atoms with van der Waals surface area (Å²) in [6.07, 6.45) is 0. The van der Waals surface area contributed by atoms with Gasteiger partial charge < -0.3 is 5.73 Å². The average molecular weight is 264 g/mol. The monoisotopic (exact) mass is 263 g/mol. The Balaban J connectivity index is 3.10. The van der Waals surface area contributed by atoms with Crippen LogP contribution in [0.3, 0.4) is 0 Å². The van der Waals surface area contributed by atoms with Gasteiger partial charge in [0.2, 0.25) is 0 Å². The summed E-state index contributed by atoms with van der Waals surface area (Å²) >= 11 is 3.19. The van der Waals surface area contributed by atoms with Crippen LogP contribution in [0.1, 0.15) is 19.4 Å². The van der Waals surface area contributed by atoms with Gasteiger partial charge in [-0.05, 0) is 26.0 Å². The van der Waals surface area contributed by atoms with Gasteiger partial charge >= 0.3 is 0 Å². The molecule has 0 aromatic heterocycles. The topological polar surface area (TPSA) is 26.0 Å². The molecule has 0 spiro atoms. The third-order valence-electron chi connectivity index (χ3n) is 2.02. The lowest BCUT2D eigenvalue weighted by Gasteiger charge is -2.30. The SMILES string of the molecule is CC(C)(N)C(F)(F)c1ccc(Br)cc1. The maximum Gasteiger partial charge on any atom is 0.290 e. The molecule has 0 heterocycles. The van der Waals surface area contributed by atoms with Gasteiger partial charge in [0.05, 0.1) is 5.54 Å². The Morgan fingerprint density at radius 1 is 1.14 bits per heavy atom. The fraction of sp³-hybridized carbons (Fsp3) is 0.400. The van der Waals surface area contributed by atoms with E-state index < -0.39 is 11.5 Å². The molecule has 78 valence electrons. The highest BCUT2D eigenvalue weighted by Gasteiger charge is 2.45. The van der Waals surface area contributed by atoms with E-state index >= 15 is 0 Å². The van der Waals surface area contributed by atoms with Crippen molar-refractivity contribution < 1.29 is 8.78 Å². The lowest BCUT2D eigenvalue weighted by Crippen LogP contribution is -2.48. The summed E-state index contributed by atoms with van der Waals surface area (Å²) in [5, 5.41) is 0. The number of alkyl halides is 2. The van der Waals surface area contributed by atoms with E-state index in [1.54, 1.807) is 12.1 Å². The van der Waals surface area contributed by atoms with Crippen molar-refractivity contribution >= 4 is 15.9 Å². The molecule has 4 heteroatoms. The standard InChI is InChI=1S/C10H12BrF2N/c1-9(2,14)10(12,13)7-3-5-8(11)6-4-7/h3-6H,14H2,1-2H3. The van der Waals surface area contributed by atoms with Crippen LogP contribution >= 0.6 is 15.9 Å². The molecule has 0 saturated carbocycles. The maximum absolute atomic E-state index is 13.7. The van der Waals surface area contributed by atoms with Crippen molar-refractivity contribution in [3.05, 3.63) is 34.3 Å². The molecule has 1 aromatic rings. The molecule has 0 saturated heterocycles. The van der Waals surface area contributed by atoms with Crippen LogP contribution in [0.2, 0.25) is 0 Å². The predicted molar refractivity (Wildman–Crippen MR) is 56.3 cm³/mol. The zero-order chi connectivity index (χ0) is 11.0.